The molecular formula is C12H17ClN2O. The molecule has 0 aromatic carbocycles. The van der Waals surface area contributed by atoms with E-state index in [4.69, 9.17) is 11.6 Å². The van der Waals surface area contributed by atoms with Gasteiger partial charge in [-0.3, -0.25) is 9.48 Å². The SMILES string of the molecule is CCn1ncc(Cl)c1C(=O)CC1CCCC1. The second-order valence-corrected chi connectivity index (χ2v) is 4.84. The van der Waals surface area contributed by atoms with Crippen LogP contribution < -0.4 is 0 Å². The number of rotatable bonds is 4. The Bertz CT molecular complexity index is 380. The zero-order valence-electron chi connectivity index (χ0n) is 9.58. The first-order valence-corrected chi connectivity index (χ1v) is 6.34. The Labute approximate surface area is 101 Å². The topological polar surface area (TPSA) is 34.9 Å². The Morgan fingerprint density at radius 3 is 2.88 bits per heavy atom. The average molecular weight is 241 g/mol. The van der Waals surface area contributed by atoms with E-state index in [1.807, 2.05) is 6.92 Å². The third-order valence-corrected chi connectivity index (χ3v) is 3.58. The maximum atomic E-state index is 12.1. The molecule has 3 nitrogen and oxygen atoms in total. The second-order valence-electron chi connectivity index (χ2n) is 4.43. The van der Waals surface area contributed by atoms with E-state index in [2.05, 4.69) is 5.10 Å². The zero-order valence-corrected chi connectivity index (χ0v) is 10.3. The van der Waals surface area contributed by atoms with Crippen molar-refractivity contribution in [2.45, 2.75) is 45.6 Å². The van der Waals surface area contributed by atoms with Gasteiger partial charge in [0.05, 0.1) is 11.2 Å². The molecule has 1 saturated carbocycles. The summed E-state index contributed by atoms with van der Waals surface area (Å²) >= 11 is 6.00. The minimum absolute atomic E-state index is 0.149. The number of ketones is 1. The minimum atomic E-state index is 0.149. The molecule has 0 bridgehead atoms. The highest BCUT2D eigenvalue weighted by atomic mass is 35.5. The molecule has 1 aromatic rings. The van der Waals surface area contributed by atoms with Crippen LogP contribution in [0.5, 0.6) is 0 Å². The summed E-state index contributed by atoms with van der Waals surface area (Å²) in [5.74, 6) is 0.708. The predicted octanol–water partition coefficient (Wildman–Crippen LogP) is 3.32. The van der Waals surface area contributed by atoms with Crippen LogP contribution in [-0.2, 0) is 6.54 Å². The third-order valence-electron chi connectivity index (χ3n) is 3.31. The summed E-state index contributed by atoms with van der Waals surface area (Å²) in [5.41, 5.74) is 0.594. The van der Waals surface area contributed by atoms with Crippen LogP contribution in [0.1, 0.15) is 49.5 Å². The molecular weight excluding hydrogens is 224 g/mol. The molecule has 0 N–H and O–H groups in total. The minimum Gasteiger partial charge on any atom is -0.292 e. The highest BCUT2D eigenvalue weighted by Crippen LogP contribution is 2.29. The van der Waals surface area contributed by atoms with Crippen LogP contribution in [0.2, 0.25) is 5.02 Å². The predicted molar refractivity (Wildman–Crippen MR) is 63.8 cm³/mol. The number of hydrogen-bond acceptors (Lipinski definition) is 2. The Morgan fingerprint density at radius 2 is 2.25 bits per heavy atom. The standard InChI is InChI=1S/C12H17ClN2O/c1-2-15-12(10(13)8-14-15)11(16)7-9-5-3-4-6-9/h8-9H,2-7H2,1H3. The maximum Gasteiger partial charge on any atom is 0.182 e. The van der Waals surface area contributed by atoms with E-state index in [0.29, 0.717) is 29.6 Å². The first-order valence-electron chi connectivity index (χ1n) is 5.97. The van der Waals surface area contributed by atoms with Gasteiger partial charge in [0.1, 0.15) is 5.69 Å². The summed E-state index contributed by atoms with van der Waals surface area (Å²) in [5, 5.41) is 4.58. The van der Waals surface area contributed by atoms with Crippen molar-refractivity contribution in [3.8, 4) is 0 Å². The lowest BCUT2D eigenvalue weighted by atomic mass is 9.99. The molecule has 4 heteroatoms. The van der Waals surface area contributed by atoms with E-state index in [0.717, 1.165) is 0 Å². The van der Waals surface area contributed by atoms with Crippen molar-refractivity contribution in [1.29, 1.82) is 0 Å². The molecule has 0 spiro atoms. The average Bonchev–Trinajstić information content (AvgIpc) is 2.87. The van der Waals surface area contributed by atoms with Crippen molar-refractivity contribution in [2.24, 2.45) is 5.92 Å². The fourth-order valence-corrected chi connectivity index (χ4v) is 2.70. The monoisotopic (exact) mass is 240 g/mol. The Balaban J connectivity index is 2.10. The van der Waals surface area contributed by atoms with Gasteiger partial charge in [-0.25, -0.2) is 0 Å². The molecule has 1 heterocycles. The van der Waals surface area contributed by atoms with Crippen LogP contribution in [0.3, 0.4) is 0 Å². The summed E-state index contributed by atoms with van der Waals surface area (Å²) in [6, 6.07) is 0. The molecule has 0 unspecified atom stereocenters. The number of Topliss-reactive ketones (excluding diaryl/α,β-unsaturated/α-hetero) is 1. The number of nitrogens with zero attached hydrogens (tertiary/aromatic N) is 2. The summed E-state index contributed by atoms with van der Waals surface area (Å²) < 4.78 is 1.69. The van der Waals surface area contributed by atoms with Gasteiger partial charge >= 0.3 is 0 Å². The van der Waals surface area contributed by atoms with Gasteiger partial charge in [0.15, 0.2) is 5.78 Å². The number of carbonyl (C=O) groups excluding carboxylic acids is 1. The first-order chi connectivity index (χ1) is 7.72. The molecule has 0 amide bonds. The molecule has 1 aliphatic rings. The third kappa shape index (κ3) is 2.29. The van der Waals surface area contributed by atoms with Crippen LogP contribution in [0.15, 0.2) is 6.20 Å². The summed E-state index contributed by atoms with van der Waals surface area (Å²) in [7, 11) is 0. The molecule has 0 atom stereocenters. The molecule has 1 aromatic heterocycles. The highest BCUT2D eigenvalue weighted by Gasteiger charge is 2.23. The Kier molecular flexibility index (Phi) is 3.64. The van der Waals surface area contributed by atoms with Crippen LogP contribution in [0.4, 0.5) is 0 Å². The quantitative estimate of drug-likeness (QED) is 0.757. The van der Waals surface area contributed by atoms with E-state index >= 15 is 0 Å². The van der Waals surface area contributed by atoms with Gasteiger partial charge in [0.25, 0.3) is 0 Å². The molecule has 1 fully saturated rings. The molecule has 0 aliphatic heterocycles. The lowest BCUT2D eigenvalue weighted by Crippen LogP contribution is -2.13. The smallest absolute Gasteiger partial charge is 0.182 e. The van der Waals surface area contributed by atoms with Crippen molar-refractivity contribution < 1.29 is 4.79 Å². The lowest BCUT2D eigenvalue weighted by Gasteiger charge is -2.09. The van der Waals surface area contributed by atoms with E-state index in [1.54, 1.807) is 10.9 Å². The van der Waals surface area contributed by atoms with Crippen molar-refractivity contribution in [2.75, 3.05) is 0 Å². The molecule has 88 valence electrons. The van der Waals surface area contributed by atoms with E-state index in [9.17, 15) is 4.79 Å². The zero-order chi connectivity index (χ0) is 11.5. The molecule has 2 rings (SSSR count). The van der Waals surface area contributed by atoms with E-state index in [1.165, 1.54) is 25.7 Å². The van der Waals surface area contributed by atoms with Gasteiger partial charge in [-0.2, -0.15) is 5.10 Å². The maximum absolute atomic E-state index is 12.1. The van der Waals surface area contributed by atoms with Crippen molar-refractivity contribution in [1.82, 2.24) is 9.78 Å². The van der Waals surface area contributed by atoms with Gasteiger partial charge in [-0.1, -0.05) is 37.3 Å². The van der Waals surface area contributed by atoms with Crippen LogP contribution >= 0.6 is 11.6 Å². The van der Waals surface area contributed by atoms with Gasteiger partial charge < -0.3 is 0 Å². The van der Waals surface area contributed by atoms with Crippen LogP contribution in [0, 0.1) is 5.92 Å². The molecule has 0 saturated heterocycles. The number of aromatic nitrogens is 2. The normalized spacial score (nSPS) is 16.9. The van der Waals surface area contributed by atoms with Crippen molar-refractivity contribution in [3.63, 3.8) is 0 Å². The number of aryl methyl sites for hydroxylation is 1. The van der Waals surface area contributed by atoms with Crippen LogP contribution in [0.25, 0.3) is 0 Å². The summed E-state index contributed by atoms with van der Waals surface area (Å²) in [4.78, 5) is 12.1. The number of hydrogen-bond donors (Lipinski definition) is 0. The number of carbonyl (C=O) groups is 1. The Morgan fingerprint density at radius 1 is 1.56 bits per heavy atom. The van der Waals surface area contributed by atoms with Crippen LogP contribution in [-0.4, -0.2) is 15.6 Å². The van der Waals surface area contributed by atoms with Gasteiger partial charge in [0.2, 0.25) is 0 Å². The van der Waals surface area contributed by atoms with Gasteiger partial charge in [0, 0.05) is 13.0 Å². The van der Waals surface area contributed by atoms with Gasteiger partial charge in [-0.15, -0.1) is 0 Å². The van der Waals surface area contributed by atoms with Crippen molar-refractivity contribution in [3.05, 3.63) is 16.9 Å². The highest BCUT2D eigenvalue weighted by molar-refractivity contribution is 6.33. The second kappa shape index (κ2) is 5.00. The summed E-state index contributed by atoms with van der Waals surface area (Å²) in [6.07, 6.45) is 7.09. The Hall–Kier alpha value is -0.830. The lowest BCUT2D eigenvalue weighted by molar-refractivity contribution is 0.0952. The number of halogens is 1. The summed E-state index contributed by atoms with van der Waals surface area (Å²) in [6.45, 7) is 2.66. The van der Waals surface area contributed by atoms with E-state index in [-0.39, 0.29) is 5.78 Å². The first kappa shape index (κ1) is 11.6. The fourth-order valence-electron chi connectivity index (χ4n) is 2.45. The largest absolute Gasteiger partial charge is 0.292 e. The van der Waals surface area contributed by atoms with E-state index < -0.39 is 0 Å². The van der Waals surface area contributed by atoms with Crippen molar-refractivity contribution >= 4 is 17.4 Å². The molecule has 1 aliphatic carbocycles. The molecule has 0 radical (unpaired) electrons. The molecule has 16 heavy (non-hydrogen) atoms. The fraction of sp³-hybridized carbons (Fsp3) is 0.667. The van der Waals surface area contributed by atoms with Gasteiger partial charge in [-0.05, 0) is 12.8 Å².